The number of furan rings is 1. The van der Waals surface area contributed by atoms with Crippen LogP contribution in [0.4, 0.5) is 0 Å². The van der Waals surface area contributed by atoms with Gasteiger partial charge in [-0.25, -0.2) is 4.98 Å². The average molecular weight is 307 g/mol. The second kappa shape index (κ2) is 6.70. The van der Waals surface area contributed by atoms with Crippen molar-refractivity contribution in [1.82, 2.24) is 14.8 Å². The zero-order valence-electron chi connectivity index (χ0n) is 12.3. The third kappa shape index (κ3) is 3.71. The van der Waals surface area contributed by atoms with Crippen molar-refractivity contribution in [2.24, 2.45) is 0 Å². The topological polar surface area (TPSA) is 52.7 Å². The molecule has 0 bridgehead atoms. The van der Waals surface area contributed by atoms with Gasteiger partial charge in [0.15, 0.2) is 10.8 Å². The predicted octanol–water partition coefficient (Wildman–Crippen LogP) is 1.82. The summed E-state index contributed by atoms with van der Waals surface area (Å²) in [6.07, 6.45) is 1.96. The number of aliphatic hydroxyl groups is 1. The molecule has 0 saturated carbocycles. The lowest BCUT2D eigenvalue weighted by Crippen LogP contribution is -2.46. The van der Waals surface area contributed by atoms with Crippen LogP contribution < -0.4 is 0 Å². The average Bonchev–Trinajstić information content (AvgIpc) is 3.10. The van der Waals surface area contributed by atoms with Gasteiger partial charge in [-0.15, -0.1) is 11.3 Å². The van der Waals surface area contributed by atoms with Crippen molar-refractivity contribution in [2.75, 3.05) is 39.3 Å². The lowest BCUT2D eigenvalue weighted by molar-refractivity contribution is 0.109. The van der Waals surface area contributed by atoms with Crippen molar-refractivity contribution in [3.8, 4) is 10.8 Å². The first-order valence-electron chi connectivity index (χ1n) is 7.31. The monoisotopic (exact) mass is 307 g/mol. The van der Waals surface area contributed by atoms with Crippen LogP contribution in [0.1, 0.15) is 10.6 Å². The third-order valence-electron chi connectivity index (χ3n) is 3.77. The number of hydrogen-bond acceptors (Lipinski definition) is 6. The molecule has 2 aromatic heterocycles. The largest absolute Gasteiger partial charge is 0.459 e. The van der Waals surface area contributed by atoms with Crippen LogP contribution in [0.3, 0.4) is 0 Å². The summed E-state index contributed by atoms with van der Waals surface area (Å²) in [7, 11) is 0. The number of β-amino-alcohol motifs (C(OH)–C–C–N with tert-alkyl or cyclic N) is 1. The first kappa shape index (κ1) is 14.7. The molecule has 0 unspecified atom stereocenters. The lowest BCUT2D eigenvalue weighted by atomic mass is 10.3. The van der Waals surface area contributed by atoms with Gasteiger partial charge < -0.3 is 9.52 Å². The number of piperazine rings is 1. The second-order valence-electron chi connectivity index (χ2n) is 5.38. The third-order valence-corrected chi connectivity index (χ3v) is 4.76. The van der Waals surface area contributed by atoms with Crippen molar-refractivity contribution in [1.29, 1.82) is 0 Å². The van der Waals surface area contributed by atoms with E-state index in [1.165, 1.54) is 4.88 Å². The fourth-order valence-electron chi connectivity index (χ4n) is 2.58. The Morgan fingerprint density at radius 1 is 1.24 bits per heavy atom. The molecule has 3 heterocycles. The number of aromatic nitrogens is 1. The maximum absolute atomic E-state index is 8.96. The Morgan fingerprint density at radius 3 is 2.67 bits per heavy atom. The van der Waals surface area contributed by atoms with E-state index in [1.807, 2.05) is 25.3 Å². The molecule has 0 aliphatic carbocycles. The zero-order chi connectivity index (χ0) is 14.7. The summed E-state index contributed by atoms with van der Waals surface area (Å²) in [4.78, 5) is 10.5. The molecule has 0 atom stereocenters. The van der Waals surface area contributed by atoms with E-state index in [9.17, 15) is 0 Å². The van der Waals surface area contributed by atoms with Crippen LogP contribution in [-0.4, -0.2) is 59.2 Å². The van der Waals surface area contributed by atoms with Crippen LogP contribution in [0.15, 0.2) is 22.7 Å². The van der Waals surface area contributed by atoms with Gasteiger partial charge in [0.05, 0.1) is 6.61 Å². The Morgan fingerprint density at radius 2 is 2.00 bits per heavy atom. The van der Waals surface area contributed by atoms with Crippen LogP contribution in [0.5, 0.6) is 0 Å². The normalized spacial score (nSPS) is 17.4. The lowest BCUT2D eigenvalue weighted by Gasteiger charge is -2.33. The smallest absolute Gasteiger partial charge is 0.162 e. The van der Waals surface area contributed by atoms with Crippen molar-refractivity contribution >= 4 is 11.3 Å². The summed E-state index contributed by atoms with van der Waals surface area (Å²) in [5.74, 6) is 1.78. The number of aliphatic hydroxyl groups excluding tert-OH is 1. The van der Waals surface area contributed by atoms with E-state index in [0.717, 1.165) is 55.8 Å². The Bertz CT molecular complexity index is 573. The Hall–Kier alpha value is -1.21. The molecular formula is C15H21N3O2S. The van der Waals surface area contributed by atoms with E-state index >= 15 is 0 Å². The van der Waals surface area contributed by atoms with Crippen molar-refractivity contribution in [2.45, 2.75) is 13.5 Å². The van der Waals surface area contributed by atoms with Gasteiger partial charge in [-0.2, -0.15) is 0 Å². The first-order valence-corrected chi connectivity index (χ1v) is 8.13. The van der Waals surface area contributed by atoms with Crippen LogP contribution in [0.2, 0.25) is 0 Å². The standard InChI is InChI=1S/C15H21N3O2S/c1-12-2-3-14(20-12)15-16-10-13(21-15)11-18-6-4-17(5-7-18)8-9-19/h2-3,10,19H,4-9,11H2,1H3. The van der Waals surface area contributed by atoms with Gasteiger partial charge in [-0.05, 0) is 19.1 Å². The Balaban J connectivity index is 1.56. The highest BCUT2D eigenvalue weighted by molar-refractivity contribution is 7.14. The van der Waals surface area contributed by atoms with E-state index in [-0.39, 0.29) is 6.61 Å². The van der Waals surface area contributed by atoms with Crippen LogP contribution in [0, 0.1) is 6.92 Å². The predicted molar refractivity (Wildman–Crippen MR) is 83.4 cm³/mol. The van der Waals surface area contributed by atoms with Crippen molar-refractivity contribution in [3.05, 3.63) is 29.0 Å². The minimum atomic E-state index is 0.251. The Labute approximate surface area is 128 Å². The summed E-state index contributed by atoms with van der Waals surface area (Å²) in [6.45, 7) is 8.10. The molecule has 0 amide bonds. The van der Waals surface area contributed by atoms with Gasteiger partial charge in [-0.3, -0.25) is 9.80 Å². The van der Waals surface area contributed by atoms with E-state index < -0.39 is 0 Å². The van der Waals surface area contributed by atoms with Gasteiger partial charge in [0, 0.05) is 50.3 Å². The van der Waals surface area contributed by atoms with Gasteiger partial charge in [-0.1, -0.05) is 0 Å². The number of hydrogen-bond donors (Lipinski definition) is 1. The fraction of sp³-hybridized carbons (Fsp3) is 0.533. The molecule has 6 heteroatoms. The summed E-state index contributed by atoms with van der Waals surface area (Å²) in [5, 5.41) is 9.92. The number of aryl methyl sites for hydroxylation is 1. The quantitative estimate of drug-likeness (QED) is 0.913. The highest BCUT2D eigenvalue weighted by Gasteiger charge is 2.17. The molecule has 3 rings (SSSR count). The molecule has 1 saturated heterocycles. The minimum Gasteiger partial charge on any atom is -0.459 e. The van der Waals surface area contributed by atoms with Gasteiger partial charge in [0.2, 0.25) is 0 Å². The van der Waals surface area contributed by atoms with Gasteiger partial charge in [0.1, 0.15) is 5.76 Å². The summed E-state index contributed by atoms with van der Waals surface area (Å²) >= 11 is 1.70. The molecule has 114 valence electrons. The molecule has 2 aromatic rings. The number of thiazole rings is 1. The number of nitrogens with zero attached hydrogens (tertiary/aromatic N) is 3. The molecule has 1 aliphatic rings. The van der Waals surface area contributed by atoms with E-state index in [4.69, 9.17) is 9.52 Å². The highest BCUT2D eigenvalue weighted by atomic mass is 32.1. The number of rotatable bonds is 5. The van der Waals surface area contributed by atoms with Gasteiger partial charge >= 0.3 is 0 Å². The van der Waals surface area contributed by atoms with Crippen molar-refractivity contribution in [3.63, 3.8) is 0 Å². The molecule has 0 spiro atoms. The van der Waals surface area contributed by atoms with Crippen LogP contribution in [0.25, 0.3) is 10.8 Å². The van der Waals surface area contributed by atoms with Crippen LogP contribution in [-0.2, 0) is 6.54 Å². The molecule has 0 aromatic carbocycles. The van der Waals surface area contributed by atoms with Crippen molar-refractivity contribution < 1.29 is 9.52 Å². The minimum absolute atomic E-state index is 0.251. The summed E-state index contributed by atoms with van der Waals surface area (Å²) in [5.41, 5.74) is 0. The maximum atomic E-state index is 8.96. The molecule has 1 fully saturated rings. The SMILES string of the molecule is Cc1ccc(-c2ncc(CN3CCN(CCO)CC3)s2)o1. The Kier molecular flexibility index (Phi) is 4.70. The van der Waals surface area contributed by atoms with Gasteiger partial charge in [0.25, 0.3) is 0 Å². The highest BCUT2D eigenvalue weighted by Crippen LogP contribution is 2.27. The summed E-state index contributed by atoms with van der Waals surface area (Å²) < 4.78 is 5.62. The van der Waals surface area contributed by atoms with E-state index in [1.54, 1.807) is 11.3 Å². The molecule has 1 aliphatic heterocycles. The molecule has 5 nitrogen and oxygen atoms in total. The maximum Gasteiger partial charge on any atom is 0.162 e. The van der Waals surface area contributed by atoms with Crippen LogP contribution >= 0.6 is 11.3 Å². The van der Waals surface area contributed by atoms with E-state index in [2.05, 4.69) is 14.8 Å². The molecule has 1 N–H and O–H groups in total. The molecule has 21 heavy (non-hydrogen) atoms. The molecular weight excluding hydrogens is 286 g/mol. The second-order valence-corrected chi connectivity index (χ2v) is 6.50. The van der Waals surface area contributed by atoms with E-state index in [0.29, 0.717) is 0 Å². The molecule has 0 radical (unpaired) electrons. The summed E-state index contributed by atoms with van der Waals surface area (Å²) in [6, 6.07) is 3.95. The fourth-order valence-corrected chi connectivity index (χ4v) is 3.49. The zero-order valence-corrected chi connectivity index (χ0v) is 13.1. The first-order chi connectivity index (χ1) is 10.2.